The number of rotatable bonds is 1. The third-order valence-electron chi connectivity index (χ3n) is 4.10. The third-order valence-corrected chi connectivity index (χ3v) is 4.38. The van der Waals surface area contributed by atoms with E-state index in [1.54, 1.807) is 6.92 Å². The van der Waals surface area contributed by atoms with E-state index in [1.807, 2.05) is 39.8 Å². The second-order valence-corrected chi connectivity index (χ2v) is 6.58. The van der Waals surface area contributed by atoms with E-state index in [-0.39, 0.29) is 11.2 Å². The lowest BCUT2D eigenvalue weighted by Gasteiger charge is -2.32. The Kier molecular flexibility index (Phi) is 2.94. The van der Waals surface area contributed by atoms with Crippen molar-refractivity contribution in [3.05, 3.63) is 23.0 Å². The van der Waals surface area contributed by atoms with Gasteiger partial charge in [-0.05, 0) is 45.3 Å². The standard InChI is InChI=1S/C14H17BClNO3/c1-8-17-11-7-9(6-10(16)12(11)18-8)15-19-13(2,3)14(4,5)20-15/h6-7H,1-5H3. The number of oxazole rings is 1. The van der Waals surface area contributed by atoms with Crippen molar-refractivity contribution >= 4 is 35.3 Å². The van der Waals surface area contributed by atoms with Crippen LogP contribution < -0.4 is 5.46 Å². The minimum absolute atomic E-state index is 0.376. The Labute approximate surface area is 123 Å². The molecule has 2 heterocycles. The van der Waals surface area contributed by atoms with Gasteiger partial charge in [-0.3, -0.25) is 0 Å². The van der Waals surface area contributed by atoms with Gasteiger partial charge in [0, 0.05) is 6.92 Å². The van der Waals surface area contributed by atoms with Gasteiger partial charge in [-0.15, -0.1) is 0 Å². The number of halogens is 1. The molecule has 1 saturated heterocycles. The van der Waals surface area contributed by atoms with E-state index in [4.69, 9.17) is 25.3 Å². The first kappa shape index (κ1) is 13.9. The number of hydrogen-bond donors (Lipinski definition) is 0. The number of aromatic nitrogens is 1. The number of hydrogen-bond acceptors (Lipinski definition) is 4. The molecule has 0 unspecified atom stereocenters. The molecule has 106 valence electrons. The largest absolute Gasteiger partial charge is 0.494 e. The Balaban J connectivity index is 2.04. The summed E-state index contributed by atoms with van der Waals surface area (Å²) in [4.78, 5) is 4.32. The zero-order chi connectivity index (χ0) is 14.7. The summed E-state index contributed by atoms with van der Waals surface area (Å²) >= 11 is 6.25. The van der Waals surface area contributed by atoms with Gasteiger partial charge in [0.15, 0.2) is 11.5 Å². The molecular weight excluding hydrogens is 276 g/mol. The van der Waals surface area contributed by atoms with Crippen molar-refractivity contribution in [3.63, 3.8) is 0 Å². The van der Waals surface area contributed by atoms with Gasteiger partial charge < -0.3 is 13.7 Å². The SMILES string of the molecule is Cc1nc2cc(B3OC(C)(C)C(C)(C)O3)cc(Cl)c2o1. The molecule has 2 aromatic rings. The molecule has 0 N–H and O–H groups in total. The quantitative estimate of drug-likeness (QED) is 0.758. The molecule has 1 fully saturated rings. The van der Waals surface area contributed by atoms with Crippen LogP contribution in [0.1, 0.15) is 33.6 Å². The van der Waals surface area contributed by atoms with Crippen LogP contribution in [0.2, 0.25) is 5.02 Å². The van der Waals surface area contributed by atoms with Gasteiger partial charge in [0.25, 0.3) is 0 Å². The number of fused-ring (bicyclic) bond motifs is 1. The highest BCUT2D eigenvalue weighted by atomic mass is 35.5. The molecule has 0 aliphatic carbocycles. The first-order valence-corrected chi connectivity index (χ1v) is 7.00. The smallest absolute Gasteiger partial charge is 0.439 e. The van der Waals surface area contributed by atoms with Crippen LogP contribution in [-0.4, -0.2) is 23.3 Å². The van der Waals surface area contributed by atoms with Crippen molar-refractivity contribution in [2.75, 3.05) is 0 Å². The molecular formula is C14H17BClNO3. The van der Waals surface area contributed by atoms with Crippen molar-refractivity contribution < 1.29 is 13.7 Å². The molecule has 0 saturated carbocycles. The second-order valence-electron chi connectivity index (χ2n) is 6.17. The summed E-state index contributed by atoms with van der Waals surface area (Å²) in [6, 6.07) is 3.72. The second kappa shape index (κ2) is 4.23. The number of aryl methyl sites for hydroxylation is 1. The summed E-state index contributed by atoms with van der Waals surface area (Å²) in [6.07, 6.45) is 0. The third kappa shape index (κ3) is 2.05. The number of nitrogens with zero attached hydrogens (tertiary/aromatic N) is 1. The molecule has 3 rings (SSSR count). The summed E-state index contributed by atoms with van der Waals surface area (Å²) in [5.41, 5.74) is 1.43. The van der Waals surface area contributed by atoms with Crippen molar-refractivity contribution in [3.8, 4) is 0 Å². The average molecular weight is 294 g/mol. The van der Waals surface area contributed by atoms with Gasteiger partial charge in [0.1, 0.15) is 5.52 Å². The topological polar surface area (TPSA) is 44.5 Å². The lowest BCUT2D eigenvalue weighted by molar-refractivity contribution is 0.00578. The predicted octanol–water partition coefficient (Wildman–Crippen LogP) is 3.09. The maximum absolute atomic E-state index is 6.25. The van der Waals surface area contributed by atoms with Gasteiger partial charge >= 0.3 is 7.12 Å². The minimum atomic E-state index is -0.445. The Morgan fingerprint density at radius 1 is 1.10 bits per heavy atom. The molecule has 0 bridgehead atoms. The van der Waals surface area contributed by atoms with Gasteiger partial charge in [-0.1, -0.05) is 11.6 Å². The fraction of sp³-hybridized carbons (Fsp3) is 0.500. The van der Waals surface area contributed by atoms with Crippen LogP contribution in [0, 0.1) is 6.92 Å². The summed E-state index contributed by atoms with van der Waals surface area (Å²) in [5, 5.41) is 0.521. The number of benzene rings is 1. The van der Waals surface area contributed by atoms with E-state index in [1.165, 1.54) is 0 Å². The normalized spacial score (nSPS) is 20.8. The molecule has 1 aliphatic heterocycles. The molecule has 6 heteroatoms. The van der Waals surface area contributed by atoms with Crippen LogP contribution in [0.25, 0.3) is 11.1 Å². The molecule has 0 atom stereocenters. The van der Waals surface area contributed by atoms with E-state index >= 15 is 0 Å². The van der Waals surface area contributed by atoms with Gasteiger partial charge in [-0.25, -0.2) is 4.98 Å². The van der Waals surface area contributed by atoms with Crippen molar-refractivity contribution in [2.45, 2.75) is 45.8 Å². The minimum Gasteiger partial charge on any atom is -0.439 e. The maximum atomic E-state index is 6.25. The van der Waals surface area contributed by atoms with Crippen LogP contribution in [-0.2, 0) is 9.31 Å². The highest BCUT2D eigenvalue weighted by molar-refractivity contribution is 6.62. The molecule has 1 aromatic heterocycles. The first-order chi connectivity index (χ1) is 9.19. The van der Waals surface area contributed by atoms with Crippen molar-refractivity contribution in [1.29, 1.82) is 0 Å². The molecule has 4 nitrogen and oxygen atoms in total. The molecule has 0 spiro atoms. The van der Waals surface area contributed by atoms with Crippen LogP contribution >= 0.6 is 11.6 Å². The van der Waals surface area contributed by atoms with Crippen LogP contribution in [0.3, 0.4) is 0 Å². The van der Waals surface area contributed by atoms with Gasteiger partial charge in [0.05, 0.1) is 16.2 Å². The highest BCUT2D eigenvalue weighted by Gasteiger charge is 2.51. The molecule has 20 heavy (non-hydrogen) atoms. The Morgan fingerprint density at radius 2 is 1.70 bits per heavy atom. The first-order valence-electron chi connectivity index (χ1n) is 6.62. The zero-order valence-corrected chi connectivity index (χ0v) is 13.0. The van der Waals surface area contributed by atoms with Crippen molar-refractivity contribution in [1.82, 2.24) is 4.98 Å². The maximum Gasteiger partial charge on any atom is 0.494 e. The zero-order valence-electron chi connectivity index (χ0n) is 12.3. The summed E-state index contributed by atoms with van der Waals surface area (Å²) in [7, 11) is -0.445. The van der Waals surface area contributed by atoms with Gasteiger partial charge in [-0.2, -0.15) is 0 Å². The van der Waals surface area contributed by atoms with Crippen LogP contribution in [0.4, 0.5) is 0 Å². The molecule has 1 aromatic carbocycles. The monoisotopic (exact) mass is 293 g/mol. The van der Waals surface area contributed by atoms with Crippen LogP contribution in [0.5, 0.6) is 0 Å². The summed E-state index contributed by atoms with van der Waals surface area (Å²) < 4.78 is 17.5. The van der Waals surface area contributed by atoms with Gasteiger partial charge in [0.2, 0.25) is 0 Å². The summed E-state index contributed by atoms with van der Waals surface area (Å²) in [6.45, 7) is 9.88. The molecule has 1 aliphatic rings. The fourth-order valence-corrected chi connectivity index (χ4v) is 2.50. The Hall–Kier alpha value is -1.04. The van der Waals surface area contributed by atoms with E-state index in [0.29, 0.717) is 16.5 Å². The lowest BCUT2D eigenvalue weighted by atomic mass is 9.79. The average Bonchev–Trinajstić information content (AvgIpc) is 2.77. The molecule has 0 amide bonds. The van der Waals surface area contributed by atoms with E-state index in [2.05, 4.69) is 4.98 Å². The Morgan fingerprint density at radius 3 is 2.30 bits per heavy atom. The van der Waals surface area contributed by atoms with Crippen LogP contribution in [0.15, 0.2) is 16.5 Å². The highest BCUT2D eigenvalue weighted by Crippen LogP contribution is 2.37. The Bertz CT molecular complexity index is 664. The van der Waals surface area contributed by atoms with E-state index < -0.39 is 7.12 Å². The summed E-state index contributed by atoms with van der Waals surface area (Å²) in [5.74, 6) is 0.591. The predicted molar refractivity (Wildman–Crippen MR) is 79.5 cm³/mol. The lowest BCUT2D eigenvalue weighted by Crippen LogP contribution is -2.41. The molecule has 0 radical (unpaired) electrons. The fourth-order valence-electron chi connectivity index (χ4n) is 2.24. The van der Waals surface area contributed by atoms with Crippen molar-refractivity contribution in [2.24, 2.45) is 0 Å². The van der Waals surface area contributed by atoms with E-state index in [9.17, 15) is 0 Å². The van der Waals surface area contributed by atoms with E-state index in [0.717, 1.165) is 11.0 Å².